The molecule has 1 aromatic carbocycles. The van der Waals surface area contributed by atoms with Crippen molar-refractivity contribution in [2.45, 2.75) is 38.3 Å². The molecule has 1 saturated carbocycles. The fourth-order valence-electron chi connectivity index (χ4n) is 3.75. The molecule has 7 heteroatoms. The summed E-state index contributed by atoms with van der Waals surface area (Å²) in [6, 6.07) is 8.12. The summed E-state index contributed by atoms with van der Waals surface area (Å²) in [7, 11) is 0. The van der Waals surface area contributed by atoms with Crippen molar-refractivity contribution in [3.8, 4) is 0 Å². The first-order valence-corrected chi connectivity index (χ1v) is 9.80. The van der Waals surface area contributed by atoms with Crippen molar-refractivity contribution in [3.63, 3.8) is 0 Å². The average molecular weight is 392 g/mol. The molecular formula is C20H26ClN3O3. The molecule has 6 nitrogen and oxygen atoms in total. The zero-order valence-electron chi connectivity index (χ0n) is 15.5. The van der Waals surface area contributed by atoms with Crippen LogP contribution in [0.2, 0.25) is 5.02 Å². The molecule has 0 unspecified atom stereocenters. The lowest BCUT2D eigenvalue weighted by molar-refractivity contribution is -0.139. The number of amides is 2. The molecule has 0 atom stereocenters. The van der Waals surface area contributed by atoms with Crippen molar-refractivity contribution in [1.82, 2.24) is 15.1 Å². The Hall–Kier alpha value is -2.05. The van der Waals surface area contributed by atoms with Gasteiger partial charge in [0.1, 0.15) is 0 Å². The summed E-state index contributed by atoms with van der Waals surface area (Å²) in [6.45, 7) is 4.00. The van der Waals surface area contributed by atoms with E-state index in [9.17, 15) is 9.59 Å². The zero-order valence-corrected chi connectivity index (χ0v) is 16.3. The van der Waals surface area contributed by atoms with E-state index < -0.39 is 5.97 Å². The van der Waals surface area contributed by atoms with Crippen LogP contribution in [0.1, 0.15) is 31.7 Å². The number of aliphatic carboxylic acids is 1. The van der Waals surface area contributed by atoms with E-state index in [-0.39, 0.29) is 24.7 Å². The largest absolute Gasteiger partial charge is 0.480 e. The van der Waals surface area contributed by atoms with Crippen molar-refractivity contribution >= 4 is 29.2 Å². The van der Waals surface area contributed by atoms with Gasteiger partial charge in [-0.1, -0.05) is 36.7 Å². The van der Waals surface area contributed by atoms with Crippen LogP contribution in [0.3, 0.4) is 0 Å². The first kappa shape index (κ1) is 19.7. The zero-order chi connectivity index (χ0) is 19.4. The number of carboxylic acids is 1. The smallest absolute Gasteiger partial charge is 0.317 e. The van der Waals surface area contributed by atoms with Gasteiger partial charge in [0.15, 0.2) is 0 Å². The Bertz CT molecular complexity index is 731. The number of halogens is 1. The number of benzene rings is 1. The van der Waals surface area contributed by atoms with Gasteiger partial charge in [-0.05, 0) is 49.1 Å². The Labute approximate surface area is 164 Å². The van der Waals surface area contributed by atoms with E-state index in [1.807, 2.05) is 41.0 Å². The molecule has 3 rings (SSSR count). The Kier molecular flexibility index (Phi) is 6.39. The van der Waals surface area contributed by atoms with Crippen molar-refractivity contribution in [3.05, 3.63) is 40.9 Å². The molecule has 1 aliphatic carbocycles. The number of rotatable bonds is 6. The van der Waals surface area contributed by atoms with Crippen LogP contribution in [-0.2, 0) is 4.79 Å². The van der Waals surface area contributed by atoms with E-state index in [1.165, 1.54) is 5.57 Å². The lowest BCUT2D eigenvalue weighted by Gasteiger charge is -2.43. The summed E-state index contributed by atoms with van der Waals surface area (Å²) in [5.41, 5.74) is 2.33. The predicted molar refractivity (Wildman–Crippen MR) is 106 cm³/mol. The second-order valence-corrected chi connectivity index (χ2v) is 7.60. The van der Waals surface area contributed by atoms with E-state index in [0.29, 0.717) is 19.6 Å². The minimum absolute atomic E-state index is 0.0406. The van der Waals surface area contributed by atoms with Crippen LogP contribution >= 0.6 is 11.6 Å². The molecule has 2 aliphatic rings. The molecule has 0 spiro atoms. The summed E-state index contributed by atoms with van der Waals surface area (Å²) >= 11 is 6.06. The maximum atomic E-state index is 12.5. The molecule has 0 radical (unpaired) electrons. The van der Waals surface area contributed by atoms with Crippen LogP contribution in [0, 0.1) is 0 Å². The number of urea groups is 1. The summed E-state index contributed by atoms with van der Waals surface area (Å²) in [5.74, 6) is -0.806. The SMILES string of the molecule is CCN(CC(=O)O)C1CC(NC(=O)N2CC=C(c3cccc(Cl)c3)CC2)C1. The molecule has 0 bridgehead atoms. The van der Waals surface area contributed by atoms with Crippen LogP contribution in [0.15, 0.2) is 30.3 Å². The first-order chi connectivity index (χ1) is 13.0. The van der Waals surface area contributed by atoms with Crippen molar-refractivity contribution < 1.29 is 14.7 Å². The number of carboxylic acid groups (broad SMARTS) is 1. The first-order valence-electron chi connectivity index (χ1n) is 9.42. The van der Waals surface area contributed by atoms with Gasteiger partial charge in [0, 0.05) is 30.2 Å². The van der Waals surface area contributed by atoms with Gasteiger partial charge in [-0.3, -0.25) is 9.69 Å². The number of hydrogen-bond donors (Lipinski definition) is 2. The van der Waals surface area contributed by atoms with Gasteiger partial charge in [-0.2, -0.15) is 0 Å². The van der Waals surface area contributed by atoms with Gasteiger partial charge in [-0.25, -0.2) is 4.79 Å². The van der Waals surface area contributed by atoms with Crippen LogP contribution < -0.4 is 5.32 Å². The lowest BCUT2D eigenvalue weighted by Crippen LogP contribution is -2.57. The van der Waals surface area contributed by atoms with Gasteiger partial charge in [0.25, 0.3) is 0 Å². The van der Waals surface area contributed by atoms with E-state index >= 15 is 0 Å². The van der Waals surface area contributed by atoms with Crippen molar-refractivity contribution in [2.24, 2.45) is 0 Å². The Balaban J connectivity index is 1.46. The molecule has 0 aromatic heterocycles. The molecule has 27 heavy (non-hydrogen) atoms. The quantitative estimate of drug-likeness (QED) is 0.781. The van der Waals surface area contributed by atoms with Crippen LogP contribution in [0.25, 0.3) is 5.57 Å². The summed E-state index contributed by atoms with van der Waals surface area (Å²) < 4.78 is 0. The van der Waals surface area contributed by atoms with E-state index in [1.54, 1.807) is 0 Å². The maximum Gasteiger partial charge on any atom is 0.317 e. The number of nitrogens with one attached hydrogen (secondary N) is 1. The minimum Gasteiger partial charge on any atom is -0.480 e. The van der Waals surface area contributed by atoms with Crippen LogP contribution in [-0.4, -0.2) is 65.2 Å². The van der Waals surface area contributed by atoms with Crippen LogP contribution in [0.5, 0.6) is 0 Å². The molecule has 1 aromatic rings. The maximum absolute atomic E-state index is 12.5. The summed E-state index contributed by atoms with van der Waals surface area (Å²) in [6.07, 6.45) is 4.52. The van der Waals surface area contributed by atoms with Gasteiger partial charge in [0.05, 0.1) is 6.54 Å². The summed E-state index contributed by atoms with van der Waals surface area (Å²) in [4.78, 5) is 27.1. The fraction of sp³-hybridized carbons (Fsp3) is 0.500. The second kappa shape index (κ2) is 8.76. The van der Waals surface area contributed by atoms with E-state index in [0.717, 1.165) is 29.8 Å². The number of nitrogens with zero attached hydrogens (tertiary/aromatic N) is 2. The third-order valence-electron chi connectivity index (χ3n) is 5.39. The Morgan fingerprint density at radius 1 is 1.37 bits per heavy atom. The molecule has 1 heterocycles. The van der Waals surface area contributed by atoms with E-state index in [4.69, 9.17) is 16.7 Å². The number of carbonyl (C=O) groups is 2. The van der Waals surface area contributed by atoms with Crippen LogP contribution in [0.4, 0.5) is 4.79 Å². The third kappa shape index (κ3) is 5.02. The average Bonchev–Trinajstić information content (AvgIpc) is 2.62. The highest BCUT2D eigenvalue weighted by Crippen LogP contribution is 2.27. The number of carbonyl (C=O) groups excluding carboxylic acids is 1. The van der Waals surface area contributed by atoms with Crippen molar-refractivity contribution in [2.75, 3.05) is 26.2 Å². The topological polar surface area (TPSA) is 72.9 Å². The summed E-state index contributed by atoms with van der Waals surface area (Å²) in [5, 5.41) is 12.7. The number of likely N-dealkylation sites (N-methyl/N-ethyl adjacent to an activating group) is 1. The molecule has 0 saturated heterocycles. The lowest BCUT2D eigenvalue weighted by atomic mass is 9.85. The highest BCUT2D eigenvalue weighted by molar-refractivity contribution is 6.30. The highest BCUT2D eigenvalue weighted by Gasteiger charge is 2.35. The van der Waals surface area contributed by atoms with Gasteiger partial charge < -0.3 is 15.3 Å². The second-order valence-electron chi connectivity index (χ2n) is 7.16. The molecular weight excluding hydrogens is 366 g/mol. The van der Waals surface area contributed by atoms with Gasteiger partial charge in [0.2, 0.25) is 0 Å². The van der Waals surface area contributed by atoms with Gasteiger partial charge >= 0.3 is 12.0 Å². The highest BCUT2D eigenvalue weighted by atomic mass is 35.5. The molecule has 146 valence electrons. The molecule has 1 fully saturated rings. The monoisotopic (exact) mass is 391 g/mol. The molecule has 1 aliphatic heterocycles. The molecule has 2 N–H and O–H groups in total. The van der Waals surface area contributed by atoms with Crippen molar-refractivity contribution in [1.29, 1.82) is 0 Å². The standard InChI is InChI=1S/C20H26ClN3O3/c1-2-23(13-19(25)26)18-11-17(12-18)22-20(27)24-8-6-14(7-9-24)15-4-3-5-16(21)10-15/h3-6,10,17-18H,2,7-9,11-13H2,1H3,(H,22,27)(H,25,26). The fourth-order valence-corrected chi connectivity index (χ4v) is 3.94. The van der Waals surface area contributed by atoms with Gasteiger partial charge in [-0.15, -0.1) is 0 Å². The Morgan fingerprint density at radius 2 is 2.15 bits per heavy atom. The predicted octanol–water partition coefficient (Wildman–Crippen LogP) is 3.08. The number of hydrogen-bond acceptors (Lipinski definition) is 3. The minimum atomic E-state index is -0.806. The third-order valence-corrected chi connectivity index (χ3v) is 5.63. The molecule has 2 amide bonds. The Morgan fingerprint density at radius 3 is 2.74 bits per heavy atom. The normalized spacial score (nSPS) is 22.2. The van der Waals surface area contributed by atoms with E-state index in [2.05, 4.69) is 11.4 Å².